The van der Waals surface area contributed by atoms with Crippen molar-refractivity contribution in [2.45, 2.75) is 13.8 Å². The van der Waals surface area contributed by atoms with E-state index in [4.69, 9.17) is 4.74 Å². The molecule has 27 heavy (non-hydrogen) atoms. The van der Waals surface area contributed by atoms with E-state index in [1.165, 1.54) is 13.2 Å². The van der Waals surface area contributed by atoms with Gasteiger partial charge in [0.1, 0.15) is 11.3 Å². The fourth-order valence-electron chi connectivity index (χ4n) is 2.44. The standard InChI is InChI=1S/C20H22N2O5/c1-13-7-6-8-14(2)19(13)22-17(23)11-21-18(24)12-27-16-10-5-4-9-15(16)20(25)26-3/h4-10H,11-12H2,1-3H3,(H,21,24)(H,22,23). The molecule has 0 aromatic heterocycles. The van der Waals surface area contributed by atoms with Crippen molar-refractivity contribution in [1.29, 1.82) is 0 Å². The highest BCUT2D eigenvalue weighted by atomic mass is 16.5. The first-order chi connectivity index (χ1) is 12.9. The molecular weight excluding hydrogens is 348 g/mol. The first-order valence-corrected chi connectivity index (χ1v) is 8.35. The molecule has 0 saturated heterocycles. The summed E-state index contributed by atoms with van der Waals surface area (Å²) in [5.74, 6) is -1.14. The number of hydrogen-bond acceptors (Lipinski definition) is 5. The Morgan fingerprint density at radius 3 is 2.26 bits per heavy atom. The summed E-state index contributed by atoms with van der Waals surface area (Å²) < 4.78 is 10.0. The Hall–Kier alpha value is -3.35. The third kappa shape index (κ3) is 5.57. The Morgan fingerprint density at radius 1 is 0.926 bits per heavy atom. The Morgan fingerprint density at radius 2 is 1.59 bits per heavy atom. The van der Waals surface area contributed by atoms with Gasteiger partial charge >= 0.3 is 5.97 Å². The average molecular weight is 370 g/mol. The van der Waals surface area contributed by atoms with Crippen molar-refractivity contribution in [3.8, 4) is 5.75 Å². The highest BCUT2D eigenvalue weighted by Crippen LogP contribution is 2.19. The molecule has 2 N–H and O–H groups in total. The van der Waals surface area contributed by atoms with E-state index in [-0.39, 0.29) is 30.4 Å². The fraction of sp³-hybridized carbons (Fsp3) is 0.250. The van der Waals surface area contributed by atoms with Gasteiger partial charge in [0.05, 0.1) is 13.7 Å². The molecule has 0 aliphatic rings. The minimum Gasteiger partial charge on any atom is -0.483 e. The Kier molecular flexibility index (Phi) is 6.93. The van der Waals surface area contributed by atoms with E-state index in [0.29, 0.717) is 0 Å². The van der Waals surface area contributed by atoms with E-state index in [1.807, 2.05) is 32.0 Å². The number of amides is 2. The van der Waals surface area contributed by atoms with Crippen molar-refractivity contribution >= 4 is 23.5 Å². The summed E-state index contributed by atoms with van der Waals surface area (Å²) >= 11 is 0. The normalized spacial score (nSPS) is 10.0. The molecule has 0 saturated carbocycles. The van der Waals surface area contributed by atoms with E-state index in [2.05, 4.69) is 15.4 Å². The third-order valence-corrected chi connectivity index (χ3v) is 3.84. The number of esters is 1. The van der Waals surface area contributed by atoms with Crippen LogP contribution in [-0.2, 0) is 14.3 Å². The van der Waals surface area contributed by atoms with Gasteiger partial charge in [-0.15, -0.1) is 0 Å². The van der Waals surface area contributed by atoms with E-state index in [0.717, 1.165) is 16.8 Å². The molecule has 0 radical (unpaired) electrons. The van der Waals surface area contributed by atoms with Crippen LogP contribution in [0, 0.1) is 13.8 Å². The quantitative estimate of drug-likeness (QED) is 0.729. The predicted octanol–water partition coefficient (Wildman–Crippen LogP) is 2.22. The van der Waals surface area contributed by atoms with Gasteiger partial charge in [0, 0.05) is 5.69 Å². The van der Waals surface area contributed by atoms with Crippen molar-refractivity contribution in [2.24, 2.45) is 0 Å². The molecule has 2 rings (SSSR count). The van der Waals surface area contributed by atoms with Gasteiger partial charge < -0.3 is 20.1 Å². The van der Waals surface area contributed by atoms with E-state index in [9.17, 15) is 14.4 Å². The van der Waals surface area contributed by atoms with Gasteiger partial charge in [0.25, 0.3) is 5.91 Å². The van der Waals surface area contributed by atoms with Crippen LogP contribution >= 0.6 is 0 Å². The molecule has 0 spiro atoms. The molecule has 0 heterocycles. The molecule has 2 aromatic rings. The maximum atomic E-state index is 12.1. The molecular formula is C20H22N2O5. The zero-order chi connectivity index (χ0) is 19.8. The van der Waals surface area contributed by atoms with Crippen molar-refractivity contribution < 1.29 is 23.9 Å². The molecule has 2 amide bonds. The van der Waals surface area contributed by atoms with Gasteiger partial charge in [-0.3, -0.25) is 9.59 Å². The number of methoxy groups -OCH3 is 1. The minimum atomic E-state index is -0.556. The van der Waals surface area contributed by atoms with Crippen LogP contribution in [0.25, 0.3) is 0 Å². The molecule has 0 bridgehead atoms. The van der Waals surface area contributed by atoms with Crippen molar-refractivity contribution in [2.75, 3.05) is 25.6 Å². The smallest absolute Gasteiger partial charge is 0.341 e. The van der Waals surface area contributed by atoms with Crippen LogP contribution < -0.4 is 15.4 Å². The highest BCUT2D eigenvalue weighted by molar-refractivity contribution is 5.96. The number of carbonyl (C=O) groups is 3. The Labute approximate surface area is 157 Å². The molecule has 2 aromatic carbocycles. The van der Waals surface area contributed by atoms with Crippen molar-refractivity contribution in [1.82, 2.24) is 5.32 Å². The van der Waals surface area contributed by atoms with Crippen LogP contribution in [0.1, 0.15) is 21.5 Å². The SMILES string of the molecule is COC(=O)c1ccccc1OCC(=O)NCC(=O)Nc1c(C)cccc1C. The molecule has 0 unspecified atom stereocenters. The fourth-order valence-corrected chi connectivity index (χ4v) is 2.44. The molecule has 142 valence electrons. The molecule has 0 aliphatic carbocycles. The summed E-state index contributed by atoms with van der Waals surface area (Å²) in [5.41, 5.74) is 2.84. The van der Waals surface area contributed by atoms with Crippen LogP contribution in [0.2, 0.25) is 0 Å². The number of para-hydroxylation sites is 2. The molecule has 0 aliphatic heterocycles. The van der Waals surface area contributed by atoms with E-state index >= 15 is 0 Å². The summed E-state index contributed by atoms with van der Waals surface area (Å²) in [6, 6.07) is 12.1. The van der Waals surface area contributed by atoms with Gasteiger partial charge in [-0.05, 0) is 37.1 Å². The summed E-state index contributed by atoms with van der Waals surface area (Å²) in [7, 11) is 1.26. The average Bonchev–Trinajstić information content (AvgIpc) is 2.67. The Bertz CT molecular complexity index is 828. The first kappa shape index (κ1) is 20.0. The first-order valence-electron chi connectivity index (χ1n) is 8.35. The molecule has 0 fully saturated rings. The van der Waals surface area contributed by atoms with Crippen LogP contribution in [-0.4, -0.2) is 38.0 Å². The summed E-state index contributed by atoms with van der Waals surface area (Å²) in [4.78, 5) is 35.6. The Balaban J connectivity index is 1.85. The lowest BCUT2D eigenvalue weighted by Gasteiger charge is -2.12. The monoisotopic (exact) mass is 370 g/mol. The second-order valence-corrected chi connectivity index (χ2v) is 5.87. The number of hydrogen-bond donors (Lipinski definition) is 2. The maximum Gasteiger partial charge on any atom is 0.341 e. The van der Waals surface area contributed by atoms with Crippen LogP contribution in [0.3, 0.4) is 0 Å². The van der Waals surface area contributed by atoms with E-state index < -0.39 is 11.9 Å². The number of aryl methyl sites for hydroxylation is 2. The lowest BCUT2D eigenvalue weighted by atomic mass is 10.1. The van der Waals surface area contributed by atoms with Gasteiger partial charge in [-0.1, -0.05) is 30.3 Å². The van der Waals surface area contributed by atoms with Crippen molar-refractivity contribution in [3.05, 3.63) is 59.2 Å². The topological polar surface area (TPSA) is 93.7 Å². The summed E-state index contributed by atoms with van der Waals surface area (Å²) in [5, 5.41) is 5.27. The van der Waals surface area contributed by atoms with Gasteiger partial charge in [-0.25, -0.2) is 4.79 Å². The second-order valence-electron chi connectivity index (χ2n) is 5.87. The second kappa shape index (κ2) is 9.38. The number of nitrogens with one attached hydrogen (secondary N) is 2. The highest BCUT2D eigenvalue weighted by Gasteiger charge is 2.14. The van der Waals surface area contributed by atoms with Crippen LogP contribution in [0.5, 0.6) is 5.75 Å². The van der Waals surface area contributed by atoms with Gasteiger partial charge in [0.15, 0.2) is 6.61 Å². The number of ether oxygens (including phenoxy) is 2. The zero-order valence-electron chi connectivity index (χ0n) is 15.5. The lowest BCUT2D eigenvalue weighted by Crippen LogP contribution is -2.36. The molecule has 0 atom stereocenters. The van der Waals surface area contributed by atoms with Crippen molar-refractivity contribution in [3.63, 3.8) is 0 Å². The summed E-state index contributed by atoms with van der Waals surface area (Å²) in [6.45, 7) is 3.28. The zero-order valence-corrected chi connectivity index (χ0v) is 15.5. The largest absolute Gasteiger partial charge is 0.483 e. The summed E-state index contributed by atoms with van der Waals surface area (Å²) in [6.07, 6.45) is 0. The predicted molar refractivity (Wildman–Crippen MR) is 101 cm³/mol. The van der Waals surface area contributed by atoms with Gasteiger partial charge in [0.2, 0.25) is 5.91 Å². The number of anilines is 1. The molecule has 7 heteroatoms. The molecule has 7 nitrogen and oxygen atoms in total. The lowest BCUT2D eigenvalue weighted by molar-refractivity contribution is -0.125. The van der Waals surface area contributed by atoms with Gasteiger partial charge in [-0.2, -0.15) is 0 Å². The van der Waals surface area contributed by atoms with E-state index in [1.54, 1.807) is 18.2 Å². The number of benzene rings is 2. The third-order valence-electron chi connectivity index (χ3n) is 3.84. The minimum absolute atomic E-state index is 0.186. The maximum absolute atomic E-state index is 12.1. The number of carbonyl (C=O) groups excluding carboxylic acids is 3. The number of rotatable bonds is 7. The van der Waals surface area contributed by atoms with Crippen LogP contribution in [0.4, 0.5) is 5.69 Å². The van der Waals surface area contributed by atoms with Crippen LogP contribution in [0.15, 0.2) is 42.5 Å².